The van der Waals surface area contributed by atoms with Crippen LogP contribution in [0, 0.1) is 0 Å². The predicted octanol–water partition coefficient (Wildman–Crippen LogP) is 8.30. The van der Waals surface area contributed by atoms with Crippen LogP contribution >= 0.6 is 18.6 Å². The number of phenolic OH excluding ortho intramolecular Hbond substituents is 2. The Bertz CT molecular complexity index is 1230. The van der Waals surface area contributed by atoms with Crippen molar-refractivity contribution < 1.29 is 27.2 Å². The standard InChI is InChI=1S/C29H26N2O2.2ClH.Ti/c1-29(2,23-15-13-21(27(32)17-23)19-30-25-9-5-3-6-10-25)24-16-14-22(28(33)18-24)20-31-26-11-7-4-8-12-26;;;/h3-20,32-33H,1-2H3;2*1H;/q;;;+2/p-2. The van der Waals surface area contributed by atoms with Crippen LogP contribution in [-0.4, -0.2) is 22.6 Å². The van der Waals surface area contributed by atoms with E-state index in [1.807, 2.05) is 84.9 Å². The molecule has 7 heteroatoms. The van der Waals surface area contributed by atoms with Gasteiger partial charge in [-0.3, -0.25) is 9.98 Å². The summed E-state index contributed by atoms with van der Waals surface area (Å²) in [6.45, 7) is 4.12. The minimum absolute atomic E-state index is 0.163. The van der Waals surface area contributed by atoms with Gasteiger partial charge in [-0.15, -0.1) is 0 Å². The molecular weight excluding hydrogens is 527 g/mol. The molecule has 4 aromatic rings. The van der Waals surface area contributed by atoms with E-state index in [2.05, 4.69) is 23.8 Å². The van der Waals surface area contributed by atoms with Crippen molar-refractivity contribution in [3.8, 4) is 11.5 Å². The summed E-state index contributed by atoms with van der Waals surface area (Å²) in [5.41, 5.74) is 4.38. The van der Waals surface area contributed by atoms with Crippen LogP contribution in [0.3, 0.4) is 0 Å². The molecule has 4 aromatic carbocycles. The zero-order chi connectivity index (χ0) is 26.0. The van der Waals surface area contributed by atoms with Crippen molar-refractivity contribution in [3.05, 3.63) is 119 Å². The molecule has 0 aliphatic rings. The normalized spacial score (nSPS) is 11.3. The molecule has 0 saturated carbocycles. The maximum atomic E-state index is 10.6. The third-order valence-electron chi connectivity index (χ3n) is 5.72. The Morgan fingerprint density at radius 2 is 1.00 bits per heavy atom. The molecule has 0 aromatic heterocycles. The zero-order valence-electron chi connectivity index (χ0n) is 19.9. The van der Waals surface area contributed by atoms with Gasteiger partial charge in [-0.1, -0.05) is 62.4 Å². The molecule has 0 fully saturated rings. The van der Waals surface area contributed by atoms with E-state index in [0.717, 1.165) is 22.5 Å². The number of nitrogens with zero attached hydrogens (tertiary/aromatic N) is 2. The first kappa shape index (κ1) is 27.7. The van der Waals surface area contributed by atoms with Crippen LogP contribution in [0.1, 0.15) is 36.1 Å². The molecule has 0 saturated heterocycles. The maximum absolute atomic E-state index is 10.6. The second-order valence-corrected chi connectivity index (χ2v) is 11.0. The molecule has 4 nitrogen and oxygen atoms in total. The van der Waals surface area contributed by atoms with Gasteiger partial charge < -0.3 is 10.2 Å². The number of phenols is 2. The molecule has 36 heavy (non-hydrogen) atoms. The van der Waals surface area contributed by atoms with Gasteiger partial charge >= 0.3 is 35.6 Å². The van der Waals surface area contributed by atoms with E-state index in [1.165, 1.54) is 0 Å². The molecule has 0 unspecified atom stereocenters. The van der Waals surface area contributed by atoms with Gasteiger partial charge in [-0.05, 0) is 59.7 Å². The van der Waals surface area contributed by atoms with Crippen LogP contribution in [0.4, 0.5) is 11.4 Å². The first-order valence-electron chi connectivity index (χ1n) is 11.2. The van der Waals surface area contributed by atoms with E-state index in [9.17, 15) is 10.2 Å². The Hall–Kier alpha value is -2.89. The van der Waals surface area contributed by atoms with Gasteiger partial charge in [0.1, 0.15) is 11.5 Å². The SMILES string of the molecule is CC(C)(c1ccc(C=Nc2ccccc2)c(O)c1)c1ccc(C=Nc2ccccc2)c(O)c1.[Cl][Ti][Cl]. The molecule has 0 aliphatic carbocycles. The molecule has 0 spiro atoms. The zero-order valence-corrected chi connectivity index (χ0v) is 23.0. The Morgan fingerprint density at radius 1 is 0.639 bits per heavy atom. The van der Waals surface area contributed by atoms with Crippen LogP contribution < -0.4 is 0 Å². The number of para-hydroxylation sites is 2. The van der Waals surface area contributed by atoms with Crippen LogP contribution in [-0.2, 0) is 22.4 Å². The molecular formula is C29H26Cl2N2O2Ti. The minimum atomic E-state index is -0.556. The summed E-state index contributed by atoms with van der Waals surface area (Å²) in [5, 5.41) is 21.2. The van der Waals surface area contributed by atoms with Crippen molar-refractivity contribution in [1.29, 1.82) is 0 Å². The first-order valence-corrected chi connectivity index (χ1v) is 15.5. The van der Waals surface area contributed by atoms with E-state index in [1.54, 1.807) is 24.6 Å². The molecule has 0 amide bonds. The van der Waals surface area contributed by atoms with Gasteiger partial charge in [0.05, 0.1) is 11.4 Å². The monoisotopic (exact) mass is 552 g/mol. The fourth-order valence-electron chi connectivity index (χ4n) is 3.57. The molecule has 4 rings (SSSR count). The van der Waals surface area contributed by atoms with Crippen molar-refractivity contribution in [2.45, 2.75) is 19.3 Å². The summed E-state index contributed by atoms with van der Waals surface area (Å²) < 4.78 is 0. The molecule has 0 heterocycles. The number of rotatable bonds is 6. The van der Waals surface area contributed by atoms with Crippen LogP contribution in [0.5, 0.6) is 11.5 Å². The second kappa shape index (κ2) is 13.4. The van der Waals surface area contributed by atoms with Gasteiger partial charge in [-0.25, -0.2) is 0 Å². The molecule has 0 atom stereocenters. The molecule has 182 valence electrons. The fraction of sp³-hybridized carbons (Fsp3) is 0.103. The van der Waals surface area contributed by atoms with Crippen molar-refractivity contribution in [2.75, 3.05) is 0 Å². The Morgan fingerprint density at radius 3 is 1.33 bits per heavy atom. The Kier molecular flexibility index (Phi) is 10.3. The van der Waals surface area contributed by atoms with Crippen molar-refractivity contribution in [2.24, 2.45) is 9.98 Å². The quantitative estimate of drug-likeness (QED) is 0.186. The summed E-state index contributed by atoms with van der Waals surface area (Å²) >= 11 is -0.556. The number of aliphatic imine (C=N–C) groups is 2. The predicted molar refractivity (Wildman–Crippen MR) is 147 cm³/mol. The number of hydrogen-bond donors (Lipinski definition) is 2. The third-order valence-corrected chi connectivity index (χ3v) is 5.72. The van der Waals surface area contributed by atoms with E-state index in [0.29, 0.717) is 11.1 Å². The van der Waals surface area contributed by atoms with Crippen molar-refractivity contribution in [1.82, 2.24) is 0 Å². The van der Waals surface area contributed by atoms with Gasteiger partial charge in [0.15, 0.2) is 0 Å². The number of aromatic hydroxyl groups is 2. The first-order chi connectivity index (χ1) is 17.3. The van der Waals surface area contributed by atoms with Crippen molar-refractivity contribution >= 4 is 42.4 Å². The molecule has 0 aliphatic heterocycles. The van der Waals surface area contributed by atoms with Gasteiger partial charge in [0.25, 0.3) is 0 Å². The van der Waals surface area contributed by atoms with E-state index in [-0.39, 0.29) is 11.5 Å². The van der Waals surface area contributed by atoms with Crippen molar-refractivity contribution in [3.63, 3.8) is 0 Å². The van der Waals surface area contributed by atoms with Crippen LogP contribution in [0.2, 0.25) is 0 Å². The average molecular weight is 553 g/mol. The van der Waals surface area contributed by atoms with E-state index >= 15 is 0 Å². The third kappa shape index (κ3) is 7.55. The summed E-state index contributed by atoms with van der Waals surface area (Å²) in [4.78, 5) is 8.84. The summed E-state index contributed by atoms with van der Waals surface area (Å²) in [6, 6.07) is 30.4. The fourth-order valence-corrected chi connectivity index (χ4v) is 3.57. The van der Waals surface area contributed by atoms with Gasteiger partial charge in [0, 0.05) is 29.0 Å². The Balaban J connectivity index is 0.00000115. The second-order valence-electron chi connectivity index (χ2n) is 8.43. The van der Waals surface area contributed by atoms with Crippen LogP contribution in [0.15, 0.2) is 107 Å². The summed E-state index contributed by atoms with van der Waals surface area (Å²) in [6.07, 6.45) is 3.32. The van der Waals surface area contributed by atoms with Gasteiger partial charge in [-0.2, -0.15) is 0 Å². The summed E-state index contributed by atoms with van der Waals surface area (Å²) in [7, 11) is 9.78. The van der Waals surface area contributed by atoms with E-state index < -0.39 is 22.4 Å². The average Bonchev–Trinajstić information content (AvgIpc) is 2.89. The van der Waals surface area contributed by atoms with E-state index in [4.69, 9.17) is 18.6 Å². The summed E-state index contributed by atoms with van der Waals surface area (Å²) in [5.74, 6) is 0.326. The number of hydrogen-bond acceptors (Lipinski definition) is 4. The van der Waals surface area contributed by atoms with Gasteiger partial charge in [0.2, 0.25) is 0 Å². The molecule has 2 N–H and O–H groups in total. The topological polar surface area (TPSA) is 65.2 Å². The Labute approximate surface area is 228 Å². The number of halogens is 2. The number of benzene rings is 4. The molecule has 0 radical (unpaired) electrons. The molecule has 0 bridgehead atoms. The van der Waals surface area contributed by atoms with Crippen LogP contribution in [0.25, 0.3) is 0 Å².